The first kappa shape index (κ1) is 13.7. The van der Waals surface area contributed by atoms with Crippen molar-refractivity contribution in [2.45, 2.75) is 13.5 Å². The molecule has 0 unspecified atom stereocenters. The average molecular weight is 347 g/mol. The highest BCUT2D eigenvalue weighted by Gasteiger charge is 2.06. The van der Waals surface area contributed by atoms with Crippen LogP contribution in [0.25, 0.3) is 0 Å². The first-order valence-corrected chi connectivity index (χ1v) is 6.81. The van der Waals surface area contributed by atoms with Crippen LogP contribution in [0.5, 0.6) is 5.75 Å². The summed E-state index contributed by atoms with van der Waals surface area (Å²) in [5, 5.41) is 0.958. The normalized spacial score (nSPS) is 10.4. The smallest absolute Gasteiger partial charge is 0.132 e. The fourth-order valence-corrected chi connectivity index (χ4v) is 2.28. The van der Waals surface area contributed by atoms with Crippen molar-refractivity contribution >= 4 is 39.1 Å². The van der Waals surface area contributed by atoms with E-state index >= 15 is 0 Å². The van der Waals surface area contributed by atoms with Gasteiger partial charge >= 0.3 is 0 Å². The summed E-state index contributed by atoms with van der Waals surface area (Å²) in [6.07, 6.45) is 0. The Morgan fingerprint density at radius 3 is 2.72 bits per heavy atom. The van der Waals surface area contributed by atoms with Gasteiger partial charge < -0.3 is 4.74 Å². The number of aryl methyl sites for hydroxylation is 1. The number of hydrogen-bond acceptors (Lipinski definition) is 2. The van der Waals surface area contributed by atoms with E-state index in [-0.39, 0.29) is 0 Å². The minimum atomic E-state index is 0.294. The van der Waals surface area contributed by atoms with Crippen LogP contribution in [0.3, 0.4) is 0 Å². The van der Waals surface area contributed by atoms with E-state index in [1.54, 1.807) is 12.1 Å². The molecule has 2 aromatic rings. The van der Waals surface area contributed by atoms with E-state index in [1.165, 1.54) is 0 Å². The van der Waals surface area contributed by atoms with Crippen LogP contribution >= 0.6 is 39.1 Å². The molecule has 0 amide bonds. The summed E-state index contributed by atoms with van der Waals surface area (Å²) in [4.78, 5) is 4.13. The third kappa shape index (κ3) is 3.37. The van der Waals surface area contributed by atoms with Crippen LogP contribution in [-0.2, 0) is 6.61 Å². The molecule has 1 heterocycles. The minimum Gasteiger partial charge on any atom is -0.487 e. The largest absolute Gasteiger partial charge is 0.487 e. The molecule has 0 aliphatic carbocycles. The van der Waals surface area contributed by atoms with Gasteiger partial charge in [-0.1, -0.05) is 39.1 Å². The molecule has 0 fully saturated rings. The fourth-order valence-electron chi connectivity index (χ4n) is 1.48. The second-order valence-electron chi connectivity index (χ2n) is 3.76. The zero-order valence-corrected chi connectivity index (χ0v) is 12.7. The highest BCUT2D eigenvalue weighted by molar-refractivity contribution is 9.10. The highest BCUT2D eigenvalue weighted by Crippen LogP contribution is 2.24. The van der Waals surface area contributed by atoms with Crippen LogP contribution in [0.1, 0.15) is 11.3 Å². The lowest BCUT2D eigenvalue weighted by atomic mass is 10.2. The number of pyridine rings is 1. The standard InChI is InChI=1S/C13H10BrCl2NO/c1-8-6-9(14)2-4-12(8)18-7-11-10(15)3-5-13(16)17-11/h2-6H,7H2,1H3. The molecule has 1 aromatic carbocycles. The van der Waals surface area contributed by atoms with Gasteiger partial charge in [-0.05, 0) is 42.8 Å². The molecule has 0 bridgehead atoms. The molecule has 0 aliphatic rings. The third-order valence-corrected chi connectivity index (χ3v) is 3.43. The zero-order valence-electron chi connectivity index (χ0n) is 9.58. The van der Waals surface area contributed by atoms with Gasteiger partial charge in [0, 0.05) is 4.47 Å². The Kier molecular flexibility index (Phi) is 4.49. The number of benzene rings is 1. The van der Waals surface area contributed by atoms with Gasteiger partial charge in [0.25, 0.3) is 0 Å². The molecule has 0 aliphatic heterocycles. The second-order valence-corrected chi connectivity index (χ2v) is 5.47. The minimum absolute atomic E-state index is 0.294. The maximum Gasteiger partial charge on any atom is 0.132 e. The van der Waals surface area contributed by atoms with E-state index in [2.05, 4.69) is 20.9 Å². The van der Waals surface area contributed by atoms with Crippen molar-refractivity contribution in [2.24, 2.45) is 0 Å². The second kappa shape index (κ2) is 5.91. The first-order valence-electron chi connectivity index (χ1n) is 5.26. The molecule has 2 nitrogen and oxygen atoms in total. The number of aromatic nitrogens is 1. The van der Waals surface area contributed by atoms with Crippen LogP contribution < -0.4 is 4.74 Å². The van der Waals surface area contributed by atoms with Gasteiger partial charge in [0.2, 0.25) is 0 Å². The molecular weight excluding hydrogens is 337 g/mol. The van der Waals surface area contributed by atoms with E-state index in [4.69, 9.17) is 27.9 Å². The summed E-state index contributed by atoms with van der Waals surface area (Å²) < 4.78 is 6.71. The van der Waals surface area contributed by atoms with Gasteiger partial charge in [-0.15, -0.1) is 0 Å². The van der Waals surface area contributed by atoms with E-state index < -0.39 is 0 Å². The monoisotopic (exact) mass is 345 g/mol. The Morgan fingerprint density at radius 1 is 1.22 bits per heavy atom. The Labute approximate surface area is 124 Å². The number of rotatable bonds is 3. The van der Waals surface area contributed by atoms with Crippen LogP contribution in [0.2, 0.25) is 10.2 Å². The third-order valence-electron chi connectivity index (χ3n) is 2.39. The van der Waals surface area contributed by atoms with Crippen LogP contribution in [0.15, 0.2) is 34.8 Å². The van der Waals surface area contributed by atoms with E-state index in [0.29, 0.717) is 22.5 Å². The molecule has 0 spiro atoms. The lowest BCUT2D eigenvalue weighted by Crippen LogP contribution is -2.00. The predicted octanol–water partition coefficient (Wildman–Crippen LogP) is 5.04. The van der Waals surface area contributed by atoms with Gasteiger partial charge in [0.05, 0.1) is 10.7 Å². The maximum atomic E-state index is 6.02. The molecule has 2 rings (SSSR count). The number of halogens is 3. The Bertz CT molecular complexity index is 575. The molecular formula is C13H10BrCl2NO. The molecule has 94 valence electrons. The van der Waals surface area contributed by atoms with Gasteiger partial charge in [-0.2, -0.15) is 0 Å². The van der Waals surface area contributed by atoms with Gasteiger partial charge in [-0.25, -0.2) is 4.98 Å². The van der Waals surface area contributed by atoms with Gasteiger partial charge in [0.1, 0.15) is 17.5 Å². The summed E-state index contributed by atoms with van der Waals surface area (Å²) in [6.45, 7) is 2.27. The van der Waals surface area contributed by atoms with Crippen molar-refractivity contribution in [1.29, 1.82) is 0 Å². The molecule has 0 N–H and O–H groups in total. The van der Waals surface area contributed by atoms with Crippen LogP contribution in [0.4, 0.5) is 0 Å². The highest BCUT2D eigenvalue weighted by atomic mass is 79.9. The quantitative estimate of drug-likeness (QED) is 0.726. The Balaban J connectivity index is 2.13. The molecule has 1 aromatic heterocycles. The molecule has 5 heteroatoms. The van der Waals surface area contributed by atoms with Crippen molar-refractivity contribution < 1.29 is 4.74 Å². The average Bonchev–Trinajstić information content (AvgIpc) is 2.32. The topological polar surface area (TPSA) is 22.1 Å². The van der Waals surface area contributed by atoms with Gasteiger partial charge in [0.15, 0.2) is 0 Å². The lowest BCUT2D eigenvalue weighted by molar-refractivity contribution is 0.299. The number of hydrogen-bond donors (Lipinski definition) is 0. The van der Waals surface area contributed by atoms with Crippen molar-refractivity contribution in [2.75, 3.05) is 0 Å². The maximum absolute atomic E-state index is 6.02. The molecule has 0 atom stereocenters. The summed E-state index contributed by atoms with van der Waals surface area (Å²) >= 11 is 15.2. The van der Waals surface area contributed by atoms with Crippen LogP contribution in [-0.4, -0.2) is 4.98 Å². The summed E-state index contributed by atoms with van der Waals surface area (Å²) in [5.41, 5.74) is 1.68. The summed E-state index contributed by atoms with van der Waals surface area (Å²) in [6, 6.07) is 9.18. The van der Waals surface area contributed by atoms with Crippen molar-refractivity contribution in [3.05, 3.63) is 56.2 Å². The summed E-state index contributed by atoms with van der Waals surface area (Å²) in [7, 11) is 0. The molecule has 0 saturated heterocycles. The van der Waals surface area contributed by atoms with Crippen molar-refractivity contribution in [1.82, 2.24) is 4.98 Å². The molecule has 18 heavy (non-hydrogen) atoms. The molecule has 0 radical (unpaired) electrons. The number of ether oxygens (including phenoxy) is 1. The lowest BCUT2D eigenvalue weighted by Gasteiger charge is -2.10. The number of nitrogens with zero attached hydrogens (tertiary/aromatic N) is 1. The van der Waals surface area contributed by atoms with E-state index in [1.807, 2.05) is 25.1 Å². The van der Waals surface area contributed by atoms with Crippen molar-refractivity contribution in [3.63, 3.8) is 0 Å². The van der Waals surface area contributed by atoms with Crippen LogP contribution in [0, 0.1) is 6.92 Å². The Hall–Kier alpha value is -0.770. The predicted molar refractivity (Wildman–Crippen MR) is 77.5 cm³/mol. The first-order chi connectivity index (χ1) is 8.56. The fraction of sp³-hybridized carbons (Fsp3) is 0.154. The van der Waals surface area contributed by atoms with Crippen molar-refractivity contribution in [3.8, 4) is 5.75 Å². The Morgan fingerprint density at radius 2 is 2.00 bits per heavy atom. The zero-order chi connectivity index (χ0) is 13.1. The van der Waals surface area contributed by atoms with E-state index in [0.717, 1.165) is 15.8 Å². The SMILES string of the molecule is Cc1cc(Br)ccc1OCc1nc(Cl)ccc1Cl. The summed E-state index contributed by atoms with van der Waals surface area (Å²) in [5.74, 6) is 0.802. The molecule has 0 saturated carbocycles. The van der Waals surface area contributed by atoms with Gasteiger partial charge in [-0.3, -0.25) is 0 Å². The van der Waals surface area contributed by atoms with E-state index in [9.17, 15) is 0 Å².